The van der Waals surface area contributed by atoms with Crippen molar-refractivity contribution in [1.29, 1.82) is 0 Å². The number of aryl methyl sites for hydroxylation is 1. The predicted octanol–water partition coefficient (Wildman–Crippen LogP) is 2.67. The average Bonchev–Trinajstić information content (AvgIpc) is 3.02. The highest BCUT2D eigenvalue weighted by atomic mass is 32.1. The lowest BCUT2D eigenvalue weighted by Gasteiger charge is -1.95. The van der Waals surface area contributed by atoms with Gasteiger partial charge < -0.3 is 9.52 Å². The zero-order valence-corrected chi connectivity index (χ0v) is 10.2. The summed E-state index contributed by atoms with van der Waals surface area (Å²) < 4.78 is 6.97. The van der Waals surface area contributed by atoms with Gasteiger partial charge in [0.2, 0.25) is 0 Å². The van der Waals surface area contributed by atoms with E-state index in [1.807, 2.05) is 22.0 Å². The van der Waals surface area contributed by atoms with Crippen LogP contribution in [0.1, 0.15) is 12.1 Å². The number of hydrogen-bond acceptors (Lipinski definition) is 4. The van der Waals surface area contributed by atoms with Gasteiger partial charge in [0, 0.05) is 22.8 Å². The van der Waals surface area contributed by atoms with E-state index in [0.717, 1.165) is 21.9 Å². The van der Waals surface area contributed by atoms with Crippen LogP contribution < -0.4 is 0 Å². The summed E-state index contributed by atoms with van der Waals surface area (Å²) in [6.45, 7) is 0. The Morgan fingerprint density at radius 3 is 3.17 bits per heavy atom. The lowest BCUT2D eigenvalue weighted by atomic mass is 10.2. The summed E-state index contributed by atoms with van der Waals surface area (Å²) in [6, 6.07) is 1.85. The molecule has 0 saturated heterocycles. The van der Waals surface area contributed by atoms with Crippen molar-refractivity contribution in [2.24, 2.45) is 0 Å². The summed E-state index contributed by atoms with van der Waals surface area (Å²) in [5, 5.41) is 10.7. The molecular weight excluding hydrogens is 252 g/mol. The molecule has 0 saturated carbocycles. The van der Waals surface area contributed by atoms with Crippen LogP contribution in [0.4, 0.5) is 0 Å². The van der Waals surface area contributed by atoms with Gasteiger partial charge in [0.15, 0.2) is 4.96 Å². The van der Waals surface area contributed by atoms with E-state index >= 15 is 0 Å². The van der Waals surface area contributed by atoms with Crippen LogP contribution in [-0.4, -0.2) is 20.5 Å². The number of aromatic nitrogens is 2. The van der Waals surface area contributed by atoms with E-state index < -0.39 is 5.97 Å². The molecule has 18 heavy (non-hydrogen) atoms. The van der Waals surface area contributed by atoms with E-state index in [1.165, 1.54) is 11.3 Å². The van der Waals surface area contributed by atoms with Gasteiger partial charge in [-0.05, 0) is 12.5 Å². The Labute approximate surface area is 106 Å². The topological polar surface area (TPSA) is 67.7 Å². The van der Waals surface area contributed by atoms with E-state index in [2.05, 4.69) is 4.98 Å². The molecule has 3 aromatic heterocycles. The summed E-state index contributed by atoms with van der Waals surface area (Å²) in [4.78, 5) is 15.9. The number of furan rings is 1. The normalized spacial score (nSPS) is 11.1. The fourth-order valence-electron chi connectivity index (χ4n) is 1.79. The summed E-state index contributed by atoms with van der Waals surface area (Å²) >= 11 is 1.51. The summed E-state index contributed by atoms with van der Waals surface area (Å²) in [5.74, 6) is -0.787. The Morgan fingerprint density at radius 1 is 1.56 bits per heavy atom. The summed E-state index contributed by atoms with van der Waals surface area (Å²) in [5.41, 5.74) is 2.74. The van der Waals surface area contributed by atoms with E-state index in [0.29, 0.717) is 6.42 Å². The largest absolute Gasteiger partial charge is 0.481 e. The zero-order valence-electron chi connectivity index (χ0n) is 9.37. The number of hydrogen-bond donors (Lipinski definition) is 1. The lowest BCUT2D eigenvalue weighted by Crippen LogP contribution is -1.99. The minimum Gasteiger partial charge on any atom is -0.481 e. The quantitative estimate of drug-likeness (QED) is 0.785. The van der Waals surface area contributed by atoms with Gasteiger partial charge in [0.1, 0.15) is 0 Å². The molecule has 6 heteroatoms. The maximum atomic E-state index is 10.6. The molecule has 0 aliphatic carbocycles. The van der Waals surface area contributed by atoms with Gasteiger partial charge in [-0.1, -0.05) is 0 Å². The maximum Gasteiger partial charge on any atom is 0.303 e. The Kier molecular flexibility index (Phi) is 2.64. The molecule has 5 nitrogen and oxygen atoms in total. The third-order valence-electron chi connectivity index (χ3n) is 2.70. The fourth-order valence-corrected chi connectivity index (χ4v) is 2.70. The smallest absolute Gasteiger partial charge is 0.303 e. The van der Waals surface area contributed by atoms with Crippen molar-refractivity contribution >= 4 is 22.3 Å². The van der Waals surface area contributed by atoms with Gasteiger partial charge in [0.25, 0.3) is 0 Å². The molecule has 3 heterocycles. The Balaban J connectivity index is 1.95. The van der Waals surface area contributed by atoms with Crippen LogP contribution in [0.25, 0.3) is 16.2 Å². The van der Waals surface area contributed by atoms with Crippen molar-refractivity contribution in [2.75, 3.05) is 0 Å². The monoisotopic (exact) mass is 262 g/mol. The predicted molar refractivity (Wildman–Crippen MR) is 66.7 cm³/mol. The first-order valence-electron chi connectivity index (χ1n) is 5.44. The van der Waals surface area contributed by atoms with Crippen LogP contribution in [0.5, 0.6) is 0 Å². The van der Waals surface area contributed by atoms with Gasteiger partial charge in [-0.2, -0.15) is 0 Å². The molecule has 0 spiro atoms. The molecule has 0 aliphatic heterocycles. The number of carboxylic acid groups (broad SMARTS) is 1. The first kappa shape index (κ1) is 11.0. The van der Waals surface area contributed by atoms with Crippen LogP contribution in [0.3, 0.4) is 0 Å². The number of imidazole rings is 1. The van der Waals surface area contributed by atoms with Crippen molar-refractivity contribution in [2.45, 2.75) is 12.8 Å². The molecule has 0 aromatic carbocycles. The molecule has 3 rings (SSSR count). The number of carboxylic acids is 1. The molecule has 0 radical (unpaired) electrons. The van der Waals surface area contributed by atoms with Crippen molar-refractivity contribution in [3.8, 4) is 11.3 Å². The number of carbonyl (C=O) groups is 1. The number of nitrogens with zero attached hydrogens (tertiary/aromatic N) is 2. The molecule has 1 N–H and O–H groups in total. The molecule has 92 valence electrons. The van der Waals surface area contributed by atoms with Crippen molar-refractivity contribution < 1.29 is 14.3 Å². The number of fused-ring (bicyclic) bond motifs is 1. The molecule has 0 bridgehead atoms. The molecule has 0 aliphatic rings. The SMILES string of the molecule is O=C(O)CCc1csc2nc(-c3ccoc3)cn12. The Morgan fingerprint density at radius 2 is 2.44 bits per heavy atom. The maximum absolute atomic E-state index is 10.6. The molecule has 0 unspecified atom stereocenters. The van der Waals surface area contributed by atoms with E-state index in [4.69, 9.17) is 9.52 Å². The first-order chi connectivity index (χ1) is 8.74. The highest BCUT2D eigenvalue weighted by Crippen LogP contribution is 2.24. The highest BCUT2D eigenvalue weighted by molar-refractivity contribution is 7.15. The average molecular weight is 262 g/mol. The Bertz CT molecular complexity index is 681. The van der Waals surface area contributed by atoms with Crippen LogP contribution in [0, 0.1) is 0 Å². The van der Waals surface area contributed by atoms with Crippen molar-refractivity contribution in [3.63, 3.8) is 0 Å². The summed E-state index contributed by atoms with van der Waals surface area (Å²) in [6.07, 6.45) is 5.80. The van der Waals surface area contributed by atoms with E-state index in [-0.39, 0.29) is 6.42 Å². The van der Waals surface area contributed by atoms with Gasteiger partial charge >= 0.3 is 5.97 Å². The number of rotatable bonds is 4. The summed E-state index contributed by atoms with van der Waals surface area (Å²) in [7, 11) is 0. The van der Waals surface area contributed by atoms with Crippen LogP contribution >= 0.6 is 11.3 Å². The first-order valence-corrected chi connectivity index (χ1v) is 6.32. The second kappa shape index (κ2) is 4.30. The third-order valence-corrected chi connectivity index (χ3v) is 3.58. The molecule has 0 atom stereocenters. The fraction of sp³-hybridized carbons (Fsp3) is 0.167. The van der Waals surface area contributed by atoms with Crippen LogP contribution in [-0.2, 0) is 11.2 Å². The number of aliphatic carboxylic acids is 1. The van der Waals surface area contributed by atoms with Crippen molar-refractivity contribution in [3.05, 3.63) is 35.9 Å². The van der Waals surface area contributed by atoms with Crippen LogP contribution in [0.15, 0.2) is 34.6 Å². The van der Waals surface area contributed by atoms with Gasteiger partial charge in [-0.25, -0.2) is 4.98 Å². The molecular formula is C12H10N2O3S. The minimum absolute atomic E-state index is 0.130. The van der Waals surface area contributed by atoms with E-state index in [9.17, 15) is 4.79 Å². The van der Waals surface area contributed by atoms with Crippen LogP contribution in [0.2, 0.25) is 0 Å². The number of thiazole rings is 1. The minimum atomic E-state index is -0.787. The van der Waals surface area contributed by atoms with E-state index in [1.54, 1.807) is 12.5 Å². The molecule has 3 aromatic rings. The van der Waals surface area contributed by atoms with Gasteiger partial charge in [0.05, 0.1) is 24.6 Å². The second-order valence-electron chi connectivity index (χ2n) is 3.91. The zero-order chi connectivity index (χ0) is 12.5. The standard InChI is InChI=1S/C12H10N2O3S/c15-11(16)2-1-9-7-18-12-13-10(5-14(9)12)8-3-4-17-6-8/h3-7H,1-2H2,(H,15,16). The second-order valence-corrected chi connectivity index (χ2v) is 4.75. The van der Waals surface area contributed by atoms with Crippen molar-refractivity contribution in [1.82, 2.24) is 9.38 Å². The van der Waals surface area contributed by atoms with Gasteiger partial charge in [-0.15, -0.1) is 11.3 Å². The van der Waals surface area contributed by atoms with Gasteiger partial charge in [-0.3, -0.25) is 9.20 Å². The lowest BCUT2D eigenvalue weighted by molar-refractivity contribution is -0.136. The third kappa shape index (κ3) is 1.91. The Hall–Kier alpha value is -2.08. The molecule has 0 amide bonds. The molecule has 0 fully saturated rings. The highest BCUT2D eigenvalue weighted by Gasteiger charge is 2.11.